The summed E-state index contributed by atoms with van der Waals surface area (Å²) in [6.45, 7) is 0. The van der Waals surface area contributed by atoms with Gasteiger partial charge in [0.25, 0.3) is 0 Å². The molecule has 30 heavy (non-hydrogen) atoms. The van der Waals surface area contributed by atoms with Crippen molar-refractivity contribution in [3.05, 3.63) is 114 Å². The van der Waals surface area contributed by atoms with Crippen molar-refractivity contribution in [3.8, 4) is 16.8 Å². The molecule has 0 saturated heterocycles. The van der Waals surface area contributed by atoms with Crippen LogP contribution in [0.2, 0.25) is 0 Å². The fraction of sp³-hybridized carbons (Fsp3) is 0. The molecule has 0 fully saturated rings. The Balaban J connectivity index is 1.65. The third kappa shape index (κ3) is 2.68. The maximum atomic E-state index is 3.80. The largest absolute Gasteiger partial charge is 0.309 e. The maximum absolute atomic E-state index is 3.80. The molecule has 0 saturated carbocycles. The van der Waals surface area contributed by atoms with Gasteiger partial charge in [-0.3, -0.25) is 0 Å². The topological polar surface area (TPSA) is 4.93 Å². The maximum Gasteiger partial charge on any atom is 0.0552 e. The van der Waals surface area contributed by atoms with Gasteiger partial charge in [-0.2, -0.15) is 0 Å². The van der Waals surface area contributed by atoms with E-state index < -0.39 is 0 Å². The van der Waals surface area contributed by atoms with Gasteiger partial charge in [-0.1, -0.05) is 82.7 Å². The highest BCUT2D eigenvalue weighted by molar-refractivity contribution is 9.10. The summed E-state index contributed by atoms with van der Waals surface area (Å²) in [5.74, 6) is 0. The normalized spacial score (nSPS) is 11.5. The highest BCUT2D eigenvalue weighted by Gasteiger charge is 2.15. The van der Waals surface area contributed by atoms with Crippen LogP contribution in [0.15, 0.2) is 114 Å². The van der Waals surface area contributed by atoms with Crippen LogP contribution >= 0.6 is 15.9 Å². The molecule has 1 aromatic heterocycles. The fourth-order valence-corrected chi connectivity index (χ4v) is 5.00. The number of halogens is 1. The lowest BCUT2D eigenvalue weighted by Crippen LogP contribution is -1.92. The van der Waals surface area contributed by atoms with Gasteiger partial charge in [-0.15, -0.1) is 0 Å². The Morgan fingerprint density at radius 2 is 1.27 bits per heavy atom. The van der Waals surface area contributed by atoms with Crippen molar-refractivity contribution in [1.29, 1.82) is 0 Å². The van der Waals surface area contributed by atoms with Gasteiger partial charge in [0.1, 0.15) is 0 Å². The summed E-state index contributed by atoms with van der Waals surface area (Å²) >= 11 is 3.80. The minimum absolute atomic E-state index is 1.12. The molecule has 0 spiro atoms. The summed E-state index contributed by atoms with van der Waals surface area (Å²) < 4.78 is 3.47. The summed E-state index contributed by atoms with van der Waals surface area (Å²) in [6, 6.07) is 39.0. The van der Waals surface area contributed by atoms with Gasteiger partial charge < -0.3 is 4.57 Å². The number of nitrogens with zero attached hydrogens (tertiary/aromatic N) is 1. The van der Waals surface area contributed by atoms with Crippen molar-refractivity contribution >= 4 is 48.5 Å². The number of rotatable bonds is 2. The van der Waals surface area contributed by atoms with Crippen LogP contribution in [0.4, 0.5) is 0 Å². The molecule has 2 heteroatoms. The Labute approximate surface area is 183 Å². The van der Waals surface area contributed by atoms with Crippen LogP contribution in [0.5, 0.6) is 0 Å². The van der Waals surface area contributed by atoms with E-state index >= 15 is 0 Å². The van der Waals surface area contributed by atoms with Crippen molar-refractivity contribution in [1.82, 2.24) is 4.57 Å². The van der Waals surface area contributed by atoms with E-state index in [1.165, 1.54) is 49.4 Å². The lowest BCUT2D eigenvalue weighted by atomic mass is 9.99. The molecule has 0 bridgehead atoms. The number of benzene rings is 5. The molecule has 0 unspecified atom stereocenters. The zero-order valence-corrected chi connectivity index (χ0v) is 17.8. The number of hydrogen-bond donors (Lipinski definition) is 0. The molecule has 0 aliphatic rings. The second kappa shape index (κ2) is 6.86. The predicted octanol–water partition coefficient (Wildman–Crippen LogP) is 8.37. The third-order valence-electron chi connectivity index (χ3n) is 5.84. The van der Waals surface area contributed by atoms with Crippen LogP contribution in [0.1, 0.15) is 0 Å². The Hall–Kier alpha value is -3.36. The third-order valence-corrected chi connectivity index (χ3v) is 6.50. The van der Waals surface area contributed by atoms with Gasteiger partial charge in [0.2, 0.25) is 0 Å². The van der Waals surface area contributed by atoms with Crippen molar-refractivity contribution in [2.45, 2.75) is 0 Å². The summed E-state index contributed by atoms with van der Waals surface area (Å²) in [7, 11) is 0. The monoisotopic (exact) mass is 447 g/mol. The first-order chi connectivity index (χ1) is 14.8. The zero-order valence-electron chi connectivity index (χ0n) is 16.2. The Morgan fingerprint density at radius 1 is 0.533 bits per heavy atom. The average Bonchev–Trinajstić information content (AvgIpc) is 3.14. The molecular weight excluding hydrogens is 430 g/mol. The lowest BCUT2D eigenvalue weighted by molar-refractivity contribution is 1.18. The van der Waals surface area contributed by atoms with Crippen LogP contribution in [-0.4, -0.2) is 4.57 Å². The molecule has 0 aliphatic carbocycles. The Kier molecular flexibility index (Phi) is 4.00. The number of fused-ring (bicyclic) bond motifs is 4. The van der Waals surface area contributed by atoms with Crippen LogP contribution in [0, 0.1) is 0 Å². The average molecular weight is 448 g/mol. The van der Waals surface area contributed by atoms with Crippen LogP contribution < -0.4 is 0 Å². The first-order valence-electron chi connectivity index (χ1n) is 10.1. The summed E-state index contributed by atoms with van der Waals surface area (Å²) in [6.07, 6.45) is 0. The smallest absolute Gasteiger partial charge is 0.0552 e. The van der Waals surface area contributed by atoms with E-state index in [1.54, 1.807) is 0 Å². The first kappa shape index (κ1) is 17.5. The second-order valence-corrected chi connectivity index (χ2v) is 8.45. The van der Waals surface area contributed by atoms with Gasteiger partial charge in [0.05, 0.1) is 11.0 Å². The molecule has 1 nitrogen and oxygen atoms in total. The molecule has 0 N–H and O–H groups in total. The zero-order chi connectivity index (χ0) is 20.1. The van der Waals surface area contributed by atoms with Gasteiger partial charge in [-0.05, 0) is 64.4 Å². The van der Waals surface area contributed by atoms with Gasteiger partial charge in [0, 0.05) is 20.9 Å². The summed E-state index contributed by atoms with van der Waals surface area (Å²) in [5.41, 5.74) is 6.07. The Bertz CT molecular complexity index is 1540. The molecule has 0 aliphatic heterocycles. The molecule has 6 aromatic rings. The molecule has 0 radical (unpaired) electrons. The van der Waals surface area contributed by atoms with Gasteiger partial charge >= 0.3 is 0 Å². The van der Waals surface area contributed by atoms with E-state index in [2.05, 4.69) is 130 Å². The molecule has 0 amide bonds. The molecule has 5 aromatic carbocycles. The number of para-hydroxylation sites is 1. The van der Waals surface area contributed by atoms with Crippen molar-refractivity contribution in [2.75, 3.05) is 0 Å². The second-order valence-electron chi connectivity index (χ2n) is 7.60. The highest BCUT2D eigenvalue weighted by Crippen LogP contribution is 2.38. The van der Waals surface area contributed by atoms with E-state index in [1.807, 2.05) is 0 Å². The minimum Gasteiger partial charge on any atom is -0.309 e. The molecule has 6 rings (SSSR count). The standard InChI is InChI=1S/C28H18BrN/c29-25-11-6-12-27-28(25)24-18-22(21-14-13-19-7-4-5-8-20(19)17-21)15-16-26(24)30(27)23-9-2-1-3-10-23/h1-18H. The summed E-state index contributed by atoms with van der Waals surface area (Å²) in [5, 5.41) is 5.04. The number of hydrogen-bond acceptors (Lipinski definition) is 0. The quantitative estimate of drug-likeness (QED) is 0.251. The van der Waals surface area contributed by atoms with Crippen LogP contribution in [-0.2, 0) is 0 Å². The lowest BCUT2D eigenvalue weighted by Gasteiger charge is -2.08. The van der Waals surface area contributed by atoms with Crippen molar-refractivity contribution in [3.63, 3.8) is 0 Å². The van der Waals surface area contributed by atoms with Crippen LogP contribution in [0.3, 0.4) is 0 Å². The van der Waals surface area contributed by atoms with E-state index in [0.29, 0.717) is 0 Å². The predicted molar refractivity (Wildman–Crippen MR) is 131 cm³/mol. The van der Waals surface area contributed by atoms with E-state index in [-0.39, 0.29) is 0 Å². The molecular formula is C28H18BrN. The minimum atomic E-state index is 1.12. The highest BCUT2D eigenvalue weighted by atomic mass is 79.9. The summed E-state index contributed by atoms with van der Waals surface area (Å²) in [4.78, 5) is 0. The van der Waals surface area contributed by atoms with Crippen molar-refractivity contribution < 1.29 is 0 Å². The van der Waals surface area contributed by atoms with Crippen LogP contribution in [0.25, 0.3) is 49.4 Å². The van der Waals surface area contributed by atoms with E-state index in [4.69, 9.17) is 0 Å². The molecule has 0 atom stereocenters. The Morgan fingerprint density at radius 3 is 2.13 bits per heavy atom. The van der Waals surface area contributed by atoms with E-state index in [0.717, 1.165) is 4.47 Å². The number of aromatic nitrogens is 1. The van der Waals surface area contributed by atoms with Crippen molar-refractivity contribution in [2.24, 2.45) is 0 Å². The molecule has 1 heterocycles. The SMILES string of the molecule is Brc1cccc2c1c1cc(-c3ccc4ccccc4c3)ccc1n2-c1ccccc1. The van der Waals surface area contributed by atoms with Gasteiger partial charge in [-0.25, -0.2) is 0 Å². The van der Waals surface area contributed by atoms with Gasteiger partial charge in [0.15, 0.2) is 0 Å². The molecule has 142 valence electrons. The fourth-order valence-electron chi connectivity index (χ4n) is 4.43. The van der Waals surface area contributed by atoms with E-state index in [9.17, 15) is 0 Å². The first-order valence-corrected chi connectivity index (χ1v) is 10.9.